The SMILES string of the molecule is CCCCC/C=C\C/C=C\C/C=C\CCCCCCCCC(=O)NC(COP(=O)(O)OCCN)C(O)/C=C/CCCCCCCCCCCCCCCC. The van der Waals surface area contributed by atoms with E-state index >= 15 is 0 Å². The van der Waals surface area contributed by atoms with Crippen LogP contribution in [0.15, 0.2) is 48.6 Å². The first kappa shape index (κ1) is 52.5. The summed E-state index contributed by atoms with van der Waals surface area (Å²) in [4.78, 5) is 22.7. The molecular formula is C45H85N2O6P. The monoisotopic (exact) mass is 781 g/mol. The van der Waals surface area contributed by atoms with Crippen LogP contribution in [-0.4, -0.2) is 47.8 Å². The number of hydrogen-bond donors (Lipinski definition) is 4. The maximum absolute atomic E-state index is 12.8. The fourth-order valence-corrected chi connectivity index (χ4v) is 7.02. The van der Waals surface area contributed by atoms with Gasteiger partial charge in [-0.3, -0.25) is 13.8 Å². The Morgan fingerprint density at radius 1 is 0.611 bits per heavy atom. The second-order valence-electron chi connectivity index (χ2n) is 14.9. The molecule has 0 aromatic rings. The van der Waals surface area contributed by atoms with Crippen molar-refractivity contribution in [3.05, 3.63) is 48.6 Å². The summed E-state index contributed by atoms with van der Waals surface area (Å²) < 4.78 is 22.1. The van der Waals surface area contributed by atoms with Gasteiger partial charge in [-0.2, -0.15) is 0 Å². The van der Waals surface area contributed by atoms with Gasteiger partial charge in [-0.1, -0.05) is 184 Å². The zero-order valence-electron chi connectivity index (χ0n) is 35.0. The lowest BCUT2D eigenvalue weighted by Crippen LogP contribution is -2.45. The van der Waals surface area contributed by atoms with Crippen LogP contribution in [0.5, 0.6) is 0 Å². The second-order valence-corrected chi connectivity index (χ2v) is 16.4. The van der Waals surface area contributed by atoms with Crippen LogP contribution in [0.1, 0.15) is 200 Å². The lowest BCUT2D eigenvalue weighted by atomic mass is 10.0. The van der Waals surface area contributed by atoms with Gasteiger partial charge in [0.1, 0.15) is 0 Å². The number of allylic oxidation sites excluding steroid dienone is 7. The predicted octanol–water partition coefficient (Wildman–Crippen LogP) is 12.5. The molecule has 0 rings (SSSR count). The fourth-order valence-electron chi connectivity index (χ4n) is 6.26. The van der Waals surface area contributed by atoms with E-state index in [1.54, 1.807) is 6.08 Å². The maximum Gasteiger partial charge on any atom is 0.472 e. The van der Waals surface area contributed by atoms with Gasteiger partial charge in [0.05, 0.1) is 25.4 Å². The van der Waals surface area contributed by atoms with Crippen LogP contribution < -0.4 is 11.1 Å². The van der Waals surface area contributed by atoms with Crippen LogP contribution in [0.25, 0.3) is 0 Å². The van der Waals surface area contributed by atoms with Gasteiger partial charge in [-0.05, 0) is 57.8 Å². The van der Waals surface area contributed by atoms with Gasteiger partial charge in [-0.15, -0.1) is 0 Å². The van der Waals surface area contributed by atoms with Crippen molar-refractivity contribution in [1.29, 1.82) is 0 Å². The normalized spacial score (nSPS) is 14.5. The number of hydrogen-bond acceptors (Lipinski definition) is 6. The third-order valence-corrected chi connectivity index (χ3v) is 10.6. The number of nitrogens with two attached hydrogens (primary N) is 1. The van der Waals surface area contributed by atoms with Gasteiger partial charge in [0.25, 0.3) is 0 Å². The van der Waals surface area contributed by atoms with Crippen molar-refractivity contribution >= 4 is 13.7 Å². The third kappa shape index (κ3) is 38.7. The number of amides is 1. The molecule has 3 atom stereocenters. The predicted molar refractivity (Wildman–Crippen MR) is 231 cm³/mol. The van der Waals surface area contributed by atoms with Crippen LogP contribution in [0.2, 0.25) is 0 Å². The number of phosphoric ester groups is 1. The van der Waals surface area contributed by atoms with Gasteiger partial charge in [0, 0.05) is 13.0 Å². The van der Waals surface area contributed by atoms with Gasteiger partial charge in [-0.25, -0.2) is 4.57 Å². The summed E-state index contributed by atoms with van der Waals surface area (Å²) in [6.45, 7) is 4.10. The first-order chi connectivity index (χ1) is 26.4. The van der Waals surface area contributed by atoms with E-state index in [2.05, 4.69) is 55.6 Å². The lowest BCUT2D eigenvalue weighted by molar-refractivity contribution is -0.123. The van der Waals surface area contributed by atoms with E-state index < -0.39 is 20.0 Å². The van der Waals surface area contributed by atoms with Gasteiger partial charge in [0.2, 0.25) is 5.91 Å². The largest absolute Gasteiger partial charge is 0.472 e. The first-order valence-electron chi connectivity index (χ1n) is 22.3. The Hall–Kier alpha value is -1.54. The molecule has 0 aliphatic heterocycles. The number of aliphatic hydroxyl groups excluding tert-OH is 1. The van der Waals surface area contributed by atoms with E-state index in [0.29, 0.717) is 6.42 Å². The molecule has 0 aliphatic rings. The third-order valence-electron chi connectivity index (χ3n) is 9.65. The van der Waals surface area contributed by atoms with Crippen molar-refractivity contribution in [2.24, 2.45) is 5.73 Å². The van der Waals surface area contributed by atoms with Crippen LogP contribution in [0.4, 0.5) is 0 Å². The number of nitrogens with one attached hydrogen (secondary N) is 1. The summed E-state index contributed by atoms with van der Waals surface area (Å²) in [5.41, 5.74) is 5.37. The summed E-state index contributed by atoms with van der Waals surface area (Å²) >= 11 is 0. The number of unbranched alkanes of at least 4 members (excludes halogenated alkanes) is 23. The number of aliphatic hydroxyl groups is 1. The second kappa shape index (κ2) is 41.1. The molecule has 3 unspecified atom stereocenters. The topological polar surface area (TPSA) is 131 Å². The maximum atomic E-state index is 12.8. The molecule has 0 aliphatic carbocycles. The van der Waals surface area contributed by atoms with Crippen LogP contribution in [-0.2, 0) is 18.4 Å². The molecule has 8 nitrogen and oxygen atoms in total. The summed E-state index contributed by atoms with van der Waals surface area (Å²) in [6, 6.07) is -0.868. The Kier molecular flexibility index (Phi) is 39.9. The lowest BCUT2D eigenvalue weighted by Gasteiger charge is -2.23. The first-order valence-corrected chi connectivity index (χ1v) is 23.8. The molecule has 0 radical (unpaired) electrons. The highest BCUT2D eigenvalue weighted by Gasteiger charge is 2.26. The smallest absolute Gasteiger partial charge is 0.387 e. The zero-order valence-corrected chi connectivity index (χ0v) is 35.8. The van der Waals surface area contributed by atoms with Gasteiger partial charge in [0.15, 0.2) is 0 Å². The molecule has 5 N–H and O–H groups in total. The van der Waals surface area contributed by atoms with Crippen molar-refractivity contribution in [2.75, 3.05) is 19.8 Å². The molecule has 0 aromatic carbocycles. The van der Waals surface area contributed by atoms with Crippen molar-refractivity contribution in [2.45, 2.75) is 212 Å². The van der Waals surface area contributed by atoms with E-state index in [0.717, 1.165) is 64.2 Å². The zero-order chi connectivity index (χ0) is 39.6. The molecule has 0 heterocycles. The Balaban J connectivity index is 4.24. The van der Waals surface area contributed by atoms with E-state index in [1.165, 1.54) is 116 Å². The Morgan fingerprint density at radius 2 is 1.02 bits per heavy atom. The average Bonchev–Trinajstić information content (AvgIpc) is 3.16. The highest BCUT2D eigenvalue weighted by atomic mass is 31.2. The molecule has 54 heavy (non-hydrogen) atoms. The summed E-state index contributed by atoms with van der Waals surface area (Å²) in [6.07, 6.45) is 50.1. The van der Waals surface area contributed by atoms with Crippen molar-refractivity contribution in [3.63, 3.8) is 0 Å². The van der Waals surface area contributed by atoms with Crippen molar-refractivity contribution in [1.82, 2.24) is 5.32 Å². The van der Waals surface area contributed by atoms with Crippen LogP contribution in [0, 0.1) is 0 Å². The van der Waals surface area contributed by atoms with Gasteiger partial charge < -0.3 is 21.1 Å². The van der Waals surface area contributed by atoms with E-state index in [9.17, 15) is 19.4 Å². The van der Waals surface area contributed by atoms with Crippen molar-refractivity contribution < 1.29 is 28.4 Å². The van der Waals surface area contributed by atoms with Gasteiger partial charge >= 0.3 is 7.82 Å². The number of carbonyl (C=O) groups is 1. The molecule has 316 valence electrons. The molecule has 9 heteroatoms. The number of rotatable bonds is 41. The summed E-state index contributed by atoms with van der Waals surface area (Å²) in [5.74, 6) is -0.208. The minimum absolute atomic E-state index is 0.0747. The number of carbonyl (C=O) groups excluding carboxylic acids is 1. The Morgan fingerprint density at radius 3 is 1.52 bits per heavy atom. The molecule has 0 fully saturated rings. The van der Waals surface area contributed by atoms with E-state index in [1.807, 2.05) is 6.08 Å². The van der Waals surface area contributed by atoms with Crippen LogP contribution >= 0.6 is 7.82 Å². The van der Waals surface area contributed by atoms with E-state index in [-0.39, 0.29) is 25.7 Å². The minimum atomic E-state index is -4.34. The molecule has 1 amide bonds. The van der Waals surface area contributed by atoms with Crippen LogP contribution in [0.3, 0.4) is 0 Å². The Bertz CT molecular complexity index is 985. The molecule has 0 saturated heterocycles. The highest BCUT2D eigenvalue weighted by Crippen LogP contribution is 2.43. The number of phosphoric acid groups is 1. The average molecular weight is 781 g/mol. The molecular weight excluding hydrogens is 695 g/mol. The summed E-state index contributed by atoms with van der Waals surface area (Å²) in [5, 5.41) is 13.7. The summed E-state index contributed by atoms with van der Waals surface area (Å²) in [7, 11) is -4.34. The highest BCUT2D eigenvalue weighted by molar-refractivity contribution is 7.47. The molecule has 0 bridgehead atoms. The van der Waals surface area contributed by atoms with E-state index in [4.69, 9.17) is 14.8 Å². The quantitative estimate of drug-likeness (QED) is 0.0276. The molecule has 0 saturated carbocycles. The molecule has 0 spiro atoms. The molecule has 0 aromatic heterocycles. The Labute approximate surface area is 332 Å². The standard InChI is InChI=1S/C45H85N2O6P/c1-3-5-7-9-11-13-15-17-19-21-22-23-25-27-29-31-33-35-37-39-45(49)47-43(42-53-54(50,51)52-41-40-46)44(48)38-36-34-32-30-28-26-24-20-18-16-14-12-10-8-6-4-2/h11,13,17,19,22-23,36,38,43-44,48H,3-10,12,14-16,18,20-21,24-35,37,39-42,46H2,1-2H3,(H,47,49)(H,50,51)/b13-11-,19-17-,23-22-,38-36+. The van der Waals surface area contributed by atoms with Crippen molar-refractivity contribution in [3.8, 4) is 0 Å². The minimum Gasteiger partial charge on any atom is -0.387 e. The fraction of sp³-hybridized carbons (Fsp3) is 0.800.